The van der Waals surface area contributed by atoms with Gasteiger partial charge in [0.1, 0.15) is 17.4 Å². The van der Waals surface area contributed by atoms with E-state index in [1.54, 1.807) is 19.1 Å². The monoisotopic (exact) mass is 436 g/mol. The van der Waals surface area contributed by atoms with E-state index in [2.05, 4.69) is 10.3 Å². The first-order chi connectivity index (χ1) is 14.8. The summed E-state index contributed by atoms with van der Waals surface area (Å²) in [5, 5.41) is 3.00. The van der Waals surface area contributed by atoms with E-state index in [1.807, 2.05) is 11.5 Å². The molecule has 0 aliphatic carbocycles. The van der Waals surface area contributed by atoms with Crippen molar-refractivity contribution in [3.05, 3.63) is 53.6 Å². The third kappa shape index (κ3) is 5.33. The first kappa shape index (κ1) is 22.6. The summed E-state index contributed by atoms with van der Waals surface area (Å²) in [6.45, 7) is 5.20. The van der Waals surface area contributed by atoms with Crippen LogP contribution in [0, 0.1) is 17.5 Å². The molecule has 0 unspecified atom stereocenters. The molecule has 31 heavy (non-hydrogen) atoms. The largest absolute Gasteiger partial charge is 0.454 e. The van der Waals surface area contributed by atoms with Crippen molar-refractivity contribution in [2.24, 2.45) is 5.73 Å². The lowest BCUT2D eigenvalue weighted by molar-refractivity contribution is -0.119. The highest BCUT2D eigenvalue weighted by molar-refractivity contribution is 5.79. The predicted octanol–water partition coefficient (Wildman–Crippen LogP) is 3.25. The number of hydrogen-bond donors (Lipinski definition) is 2. The molecule has 0 aliphatic rings. The maximum absolute atomic E-state index is 14.0. The molecule has 166 valence electrons. The van der Waals surface area contributed by atoms with Crippen LogP contribution in [0.4, 0.5) is 13.2 Å². The Morgan fingerprint density at radius 2 is 2.03 bits per heavy atom. The third-order valence-electron chi connectivity index (χ3n) is 4.64. The molecular formula is C21H23F3N4O3. The van der Waals surface area contributed by atoms with Gasteiger partial charge >= 0.3 is 0 Å². The molecule has 0 radical (unpaired) electrons. The molecule has 1 aromatic heterocycles. The summed E-state index contributed by atoms with van der Waals surface area (Å²) < 4.78 is 53.6. The summed E-state index contributed by atoms with van der Waals surface area (Å²) in [6, 6.07) is 5.43. The van der Waals surface area contributed by atoms with Gasteiger partial charge < -0.3 is 19.8 Å². The Kier molecular flexibility index (Phi) is 7.13. The summed E-state index contributed by atoms with van der Waals surface area (Å²) in [5.74, 6) is -3.81. The quantitative estimate of drug-likeness (QED) is 0.376. The number of ether oxygens (including phenoxy) is 2. The lowest BCUT2D eigenvalue weighted by atomic mass is 10.2. The van der Waals surface area contributed by atoms with Crippen molar-refractivity contribution in [3.8, 4) is 11.5 Å². The Morgan fingerprint density at radius 3 is 2.74 bits per heavy atom. The van der Waals surface area contributed by atoms with Crippen LogP contribution in [0.25, 0.3) is 11.0 Å². The Labute approximate surface area is 177 Å². The van der Waals surface area contributed by atoms with E-state index in [4.69, 9.17) is 15.2 Å². The van der Waals surface area contributed by atoms with Gasteiger partial charge in [0.2, 0.25) is 11.7 Å². The van der Waals surface area contributed by atoms with Gasteiger partial charge in [-0.1, -0.05) is 0 Å². The van der Waals surface area contributed by atoms with Crippen molar-refractivity contribution in [3.63, 3.8) is 0 Å². The SMILES string of the molecule is CCOCCn1c(CN[C@@H](C)C(N)=O)nc2ccc(Oc3cc(F)cc(F)c3F)cc21. The van der Waals surface area contributed by atoms with Crippen LogP contribution in [0.5, 0.6) is 11.5 Å². The number of nitrogens with zero attached hydrogens (tertiary/aromatic N) is 2. The highest BCUT2D eigenvalue weighted by atomic mass is 19.2. The minimum atomic E-state index is -1.34. The van der Waals surface area contributed by atoms with E-state index < -0.39 is 35.2 Å². The molecule has 0 saturated heterocycles. The molecule has 0 fully saturated rings. The van der Waals surface area contributed by atoms with Crippen molar-refractivity contribution in [2.75, 3.05) is 13.2 Å². The van der Waals surface area contributed by atoms with Crippen LogP contribution in [0.1, 0.15) is 19.7 Å². The third-order valence-corrected chi connectivity index (χ3v) is 4.64. The van der Waals surface area contributed by atoms with Gasteiger partial charge in [0.15, 0.2) is 11.6 Å². The number of hydrogen-bond acceptors (Lipinski definition) is 5. The first-order valence-corrected chi connectivity index (χ1v) is 9.72. The molecule has 3 N–H and O–H groups in total. The minimum Gasteiger partial charge on any atom is -0.454 e. The van der Waals surface area contributed by atoms with Crippen molar-refractivity contribution >= 4 is 16.9 Å². The second-order valence-corrected chi connectivity index (χ2v) is 6.83. The van der Waals surface area contributed by atoms with Crippen LogP contribution in [0.3, 0.4) is 0 Å². The Bertz CT molecular complexity index is 1090. The smallest absolute Gasteiger partial charge is 0.234 e. The molecule has 0 saturated carbocycles. The molecule has 7 nitrogen and oxygen atoms in total. The first-order valence-electron chi connectivity index (χ1n) is 9.72. The van der Waals surface area contributed by atoms with E-state index in [1.165, 1.54) is 6.07 Å². The van der Waals surface area contributed by atoms with Crippen LogP contribution >= 0.6 is 0 Å². The molecule has 1 amide bonds. The summed E-state index contributed by atoms with van der Waals surface area (Å²) in [6.07, 6.45) is 0. The zero-order valence-corrected chi connectivity index (χ0v) is 17.1. The lowest BCUT2D eigenvalue weighted by Crippen LogP contribution is -2.38. The number of primary amides is 1. The Morgan fingerprint density at radius 1 is 1.26 bits per heavy atom. The number of aromatic nitrogens is 2. The maximum Gasteiger partial charge on any atom is 0.234 e. The zero-order valence-electron chi connectivity index (χ0n) is 17.1. The van der Waals surface area contributed by atoms with Gasteiger partial charge in [-0.05, 0) is 26.0 Å². The minimum absolute atomic E-state index is 0.180. The van der Waals surface area contributed by atoms with Crippen LogP contribution in [0.2, 0.25) is 0 Å². The number of fused-ring (bicyclic) bond motifs is 1. The number of amides is 1. The van der Waals surface area contributed by atoms with Gasteiger partial charge in [0.25, 0.3) is 0 Å². The van der Waals surface area contributed by atoms with Crippen LogP contribution in [0.15, 0.2) is 30.3 Å². The fourth-order valence-electron chi connectivity index (χ4n) is 2.98. The van der Waals surface area contributed by atoms with Crippen molar-refractivity contribution < 1.29 is 27.4 Å². The summed E-state index contributed by atoms with van der Waals surface area (Å²) in [5.41, 5.74) is 6.56. The summed E-state index contributed by atoms with van der Waals surface area (Å²) in [4.78, 5) is 15.9. The Hall–Kier alpha value is -3.11. The number of imidazole rings is 1. The molecule has 3 rings (SSSR count). The number of rotatable bonds is 10. The number of carbonyl (C=O) groups excluding carboxylic acids is 1. The van der Waals surface area contributed by atoms with Gasteiger partial charge in [0, 0.05) is 31.4 Å². The van der Waals surface area contributed by atoms with Gasteiger partial charge in [-0.3, -0.25) is 10.1 Å². The van der Waals surface area contributed by atoms with E-state index in [-0.39, 0.29) is 12.3 Å². The van der Waals surface area contributed by atoms with Crippen LogP contribution in [-0.4, -0.2) is 34.7 Å². The van der Waals surface area contributed by atoms with Gasteiger partial charge in [0.05, 0.1) is 30.2 Å². The van der Waals surface area contributed by atoms with E-state index >= 15 is 0 Å². The van der Waals surface area contributed by atoms with Crippen molar-refractivity contribution in [1.29, 1.82) is 0 Å². The zero-order chi connectivity index (χ0) is 22.5. The van der Waals surface area contributed by atoms with Gasteiger partial charge in [-0.2, -0.15) is 4.39 Å². The second kappa shape index (κ2) is 9.80. The second-order valence-electron chi connectivity index (χ2n) is 6.83. The molecule has 3 aromatic rings. The number of benzene rings is 2. The molecule has 0 aliphatic heterocycles. The molecular weight excluding hydrogens is 413 g/mol. The number of nitrogens with two attached hydrogens (primary N) is 1. The average molecular weight is 436 g/mol. The average Bonchev–Trinajstić information content (AvgIpc) is 3.07. The topological polar surface area (TPSA) is 91.4 Å². The summed E-state index contributed by atoms with van der Waals surface area (Å²) >= 11 is 0. The van der Waals surface area contributed by atoms with Crippen LogP contribution in [-0.2, 0) is 22.6 Å². The molecule has 1 heterocycles. The van der Waals surface area contributed by atoms with Crippen LogP contribution < -0.4 is 15.8 Å². The van der Waals surface area contributed by atoms with Gasteiger partial charge in [-0.15, -0.1) is 0 Å². The maximum atomic E-state index is 14.0. The number of carbonyl (C=O) groups is 1. The fourth-order valence-corrected chi connectivity index (χ4v) is 2.98. The highest BCUT2D eigenvalue weighted by Gasteiger charge is 2.17. The standard InChI is InChI=1S/C21H23F3N4O3/c1-3-30-7-6-28-17-10-14(31-18-9-13(22)8-15(23)20(18)24)4-5-16(17)27-19(28)11-26-12(2)21(25)29/h4-5,8-10,12,26H,3,6-7,11H2,1-2H3,(H2,25,29)/t12-/m0/s1. The molecule has 1 atom stereocenters. The van der Waals surface area contributed by atoms with Crippen molar-refractivity contribution in [2.45, 2.75) is 33.0 Å². The van der Waals surface area contributed by atoms with E-state index in [0.717, 1.165) is 6.07 Å². The van der Waals surface area contributed by atoms with Gasteiger partial charge in [-0.25, -0.2) is 13.8 Å². The summed E-state index contributed by atoms with van der Waals surface area (Å²) in [7, 11) is 0. The molecule has 10 heteroatoms. The Balaban J connectivity index is 1.94. The van der Waals surface area contributed by atoms with E-state index in [0.29, 0.717) is 42.7 Å². The molecule has 0 bridgehead atoms. The highest BCUT2D eigenvalue weighted by Crippen LogP contribution is 2.30. The molecule has 2 aromatic carbocycles. The normalized spacial score (nSPS) is 12.3. The lowest BCUT2D eigenvalue weighted by Gasteiger charge is -2.13. The fraction of sp³-hybridized carbons (Fsp3) is 0.333. The molecule has 0 spiro atoms. The van der Waals surface area contributed by atoms with Crippen molar-refractivity contribution in [1.82, 2.24) is 14.9 Å². The number of nitrogens with one attached hydrogen (secondary N) is 1. The number of halogens is 3. The predicted molar refractivity (Wildman–Crippen MR) is 108 cm³/mol. The van der Waals surface area contributed by atoms with E-state index in [9.17, 15) is 18.0 Å².